The number of nitrogens with zero attached hydrogens (tertiary/aromatic N) is 3. The summed E-state index contributed by atoms with van der Waals surface area (Å²) >= 11 is 0. The van der Waals surface area contributed by atoms with Crippen LogP contribution in [-0.4, -0.2) is 40.7 Å². The maximum absolute atomic E-state index is 13.8. The van der Waals surface area contributed by atoms with Crippen molar-refractivity contribution in [3.8, 4) is 11.4 Å². The highest BCUT2D eigenvalue weighted by Gasteiger charge is 2.49. The van der Waals surface area contributed by atoms with E-state index in [1.165, 1.54) is 24.1 Å². The third-order valence-electron chi connectivity index (χ3n) is 6.84. The molecule has 2 unspecified atom stereocenters. The van der Waals surface area contributed by atoms with E-state index in [-0.39, 0.29) is 11.7 Å². The van der Waals surface area contributed by atoms with Gasteiger partial charge in [-0.25, -0.2) is 9.07 Å². The van der Waals surface area contributed by atoms with E-state index in [0.717, 1.165) is 5.52 Å². The molecule has 1 N–H and O–H groups in total. The number of fused-ring (bicyclic) bond motifs is 1. The Morgan fingerprint density at radius 3 is 2.32 bits per heavy atom. The van der Waals surface area contributed by atoms with Crippen LogP contribution in [0.1, 0.15) is 25.5 Å². The van der Waals surface area contributed by atoms with Crippen molar-refractivity contribution in [2.75, 3.05) is 12.0 Å². The Hall–Kier alpha value is -4.34. The Balaban J connectivity index is 1.57. The summed E-state index contributed by atoms with van der Waals surface area (Å²) in [7, 11) is 1.52. The number of hydrogen-bond donors (Lipinski definition) is 1. The van der Waals surface area contributed by atoms with E-state index in [0.29, 0.717) is 35.0 Å². The van der Waals surface area contributed by atoms with Crippen LogP contribution in [-0.2, 0) is 9.59 Å². The van der Waals surface area contributed by atoms with E-state index < -0.39 is 29.8 Å². The first-order valence-corrected chi connectivity index (χ1v) is 12.0. The number of methoxy groups -OCH3 is 1. The number of nitrogens with one attached hydrogen (secondary N) is 1. The molecule has 1 aliphatic heterocycles. The van der Waals surface area contributed by atoms with Gasteiger partial charge in [-0.2, -0.15) is 13.9 Å². The van der Waals surface area contributed by atoms with Crippen molar-refractivity contribution < 1.29 is 27.5 Å². The summed E-state index contributed by atoms with van der Waals surface area (Å²) in [5, 5.41) is 7.54. The van der Waals surface area contributed by atoms with Gasteiger partial charge in [-0.05, 0) is 60.2 Å². The molecule has 2 heterocycles. The Morgan fingerprint density at radius 1 is 1.03 bits per heavy atom. The number of rotatable bonds is 6. The fourth-order valence-electron chi connectivity index (χ4n) is 4.83. The molecule has 1 fully saturated rings. The molecule has 5 rings (SSSR count). The average Bonchev–Trinajstić information content (AvgIpc) is 3.42. The van der Waals surface area contributed by atoms with Gasteiger partial charge >= 0.3 is 5.92 Å². The summed E-state index contributed by atoms with van der Waals surface area (Å²) in [6, 6.07) is 16.5. The van der Waals surface area contributed by atoms with Crippen LogP contribution >= 0.6 is 0 Å². The lowest BCUT2D eigenvalue weighted by atomic mass is 9.94. The predicted octanol–water partition coefficient (Wildman–Crippen LogP) is 5.04. The number of carbonyl (C=O) groups is 2. The van der Waals surface area contributed by atoms with Gasteiger partial charge in [-0.1, -0.05) is 19.1 Å². The van der Waals surface area contributed by atoms with Gasteiger partial charge in [0.25, 0.3) is 5.91 Å². The second-order valence-electron chi connectivity index (χ2n) is 9.38. The fraction of sp³-hybridized carbons (Fsp3) is 0.250. The summed E-state index contributed by atoms with van der Waals surface area (Å²) in [6.45, 7) is 2.14. The minimum Gasteiger partial charge on any atom is -0.497 e. The maximum atomic E-state index is 13.8. The molecule has 38 heavy (non-hydrogen) atoms. The van der Waals surface area contributed by atoms with Crippen molar-refractivity contribution in [2.45, 2.75) is 31.9 Å². The molecule has 0 aliphatic carbocycles. The number of amides is 2. The summed E-state index contributed by atoms with van der Waals surface area (Å²) < 4.78 is 47.9. The Bertz CT molecular complexity index is 1500. The molecule has 2 amide bonds. The lowest BCUT2D eigenvalue weighted by Crippen LogP contribution is -2.48. The van der Waals surface area contributed by atoms with Crippen molar-refractivity contribution in [2.24, 2.45) is 5.92 Å². The van der Waals surface area contributed by atoms with Crippen molar-refractivity contribution >= 4 is 28.4 Å². The van der Waals surface area contributed by atoms with Gasteiger partial charge < -0.3 is 15.0 Å². The second kappa shape index (κ2) is 9.51. The molecular weight excluding hydrogens is 497 g/mol. The number of carbonyl (C=O) groups excluding carboxylic acids is 2. The van der Waals surface area contributed by atoms with Crippen molar-refractivity contribution in [3.05, 3.63) is 84.3 Å². The molecule has 0 bridgehead atoms. The van der Waals surface area contributed by atoms with Crippen molar-refractivity contribution in [1.29, 1.82) is 0 Å². The quantitative estimate of drug-likeness (QED) is 0.385. The number of aromatic nitrogens is 2. The normalized spacial score (nSPS) is 19.7. The molecule has 3 aromatic carbocycles. The number of ether oxygens (including phenoxy) is 1. The summed E-state index contributed by atoms with van der Waals surface area (Å²) in [5.74, 6) is -5.91. The van der Waals surface area contributed by atoms with Crippen molar-refractivity contribution in [3.63, 3.8) is 0 Å². The molecule has 3 atom stereocenters. The van der Waals surface area contributed by atoms with Crippen LogP contribution in [0.5, 0.6) is 5.75 Å². The van der Waals surface area contributed by atoms with Gasteiger partial charge in [0.05, 0.1) is 42.5 Å². The highest BCUT2D eigenvalue weighted by atomic mass is 19.3. The first kappa shape index (κ1) is 25.3. The average molecular weight is 523 g/mol. The third kappa shape index (κ3) is 4.46. The van der Waals surface area contributed by atoms with Crippen LogP contribution in [0.3, 0.4) is 0 Å². The zero-order valence-electron chi connectivity index (χ0n) is 20.9. The lowest BCUT2D eigenvalue weighted by Gasteiger charge is -2.30. The highest BCUT2D eigenvalue weighted by molar-refractivity contribution is 6.01. The van der Waals surface area contributed by atoms with Gasteiger partial charge in [0.1, 0.15) is 11.6 Å². The summed E-state index contributed by atoms with van der Waals surface area (Å²) in [4.78, 5) is 27.4. The number of anilines is 1. The van der Waals surface area contributed by atoms with Crippen LogP contribution in [0.2, 0.25) is 0 Å². The topological polar surface area (TPSA) is 76.5 Å². The highest BCUT2D eigenvalue weighted by Crippen LogP contribution is 2.42. The van der Waals surface area contributed by atoms with E-state index in [2.05, 4.69) is 10.4 Å². The summed E-state index contributed by atoms with van der Waals surface area (Å²) in [5.41, 5.74) is 2.57. The lowest BCUT2D eigenvalue weighted by molar-refractivity contribution is -0.144. The van der Waals surface area contributed by atoms with E-state index >= 15 is 0 Å². The molecule has 7 nitrogen and oxygen atoms in total. The predicted molar refractivity (Wildman–Crippen MR) is 136 cm³/mol. The van der Waals surface area contributed by atoms with Crippen LogP contribution in [0, 0.1) is 11.7 Å². The monoisotopic (exact) mass is 522 g/mol. The first-order valence-electron chi connectivity index (χ1n) is 12.0. The van der Waals surface area contributed by atoms with E-state index in [1.807, 2.05) is 0 Å². The van der Waals surface area contributed by atoms with Gasteiger partial charge in [-0.3, -0.25) is 9.59 Å². The Labute approximate surface area is 216 Å². The molecule has 10 heteroatoms. The maximum Gasteiger partial charge on any atom is 0.321 e. The Morgan fingerprint density at radius 2 is 1.68 bits per heavy atom. The van der Waals surface area contributed by atoms with Crippen molar-refractivity contribution in [1.82, 2.24) is 15.1 Å². The summed E-state index contributed by atoms with van der Waals surface area (Å²) in [6.07, 6.45) is 1.63. The van der Waals surface area contributed by atoms with Crippen LogP contribution in [0.25, 0.3) is 16.6 Å². The second-order valence-corrected chi connectivity index (χ2v) is 9.38. The smallest absolute Gasteiger partial charge is 0.321 e. The minimum absolute atomic E-state index is 0.319. The zero-order valence-corrected chi connectivity index (χ0v) is 20.9. The number of hydrogen-bond acceptors (Lipinski definition) is 4. The third-order valence-corrected chi connectivity index (χ3v) is 6.84. The molecule has 1 aliphatic rings. The van der Waals surface area contributed by atoms with Crippen LogP contribution in [0.15, 0.2) is 72.9 Å². The van der Waals surface area contributed by atoms with Gasteiger partial charge in [0.15, 0.2) is 0 Å². The minimum atomic E-state index is -3.60. The molecule has 1 saturated heterocycles. The molecule has 4 aromatic rings. The van der Waals surface area contributed by atoms with E-state index in [4.69, 9.17) is 4.74 Å². The number of halogens is 3. The van der Waals surface area contributed by atoms with Gasteiger partial charge in [-0.15, -0.1) is 0 Å². The van der Waals surface area contributed by atoms with E-state index in [1.54, 1.807) is 72.4 Å². The zero-order chi connectivity index (χ0) is 27.2. The molecule has 1 aromatic heterocycles. The first-order chi connectivity index (χ1) is 18.1. The number of benzene rings is 3. The van der Waals surface area contributed by atoms with Gasteiger partial charge in [0.2, 0.25) is 5.91 Å². The molecular formula is C28H25F3N4O3. The van der Waals surface area contributed by atoms with E-state index in [9.17, 15) is 22.8 Å². The largest absolute Gasteiger partial charge is 0.497 e. The van der Waals surface area contributed by atoms with Gasteiger partial charge in [0, 0.05) is 18.0 Å². The fourth-order valence-corrected chi connectivity index (χ4v) is 4.83. The number of alkyl halides is 2. The van der Waals surface area contributed by atoms with Crippen LogP contribution in [0.4, 0.5) is 18.9 Å². The standard InChI is InChI=1S/C28H25F3N4O3/c1-16-24(33-27(37)28(2,30)31)25(17-4-11-22(38-3)12-5-17)34(26(16)36)21-10-13-23-18(14-21)15-32-35(23)20-8-6-19(29)7-9-20/h4-16,24-25H,1-3H3,(H,33,37)/t16?,24-,25?/m0/s1. The molecule has 196 valence electrons. The van der Waals surface area contributed by atoms with Crippen LogP contribution < -0.4 is 15.0 Å². The molecule has 0 radical (unpaired) electrons. The Kier molecular flexibility index (Phi) is 6.34. The molecule has 0 spiro atoms. The molecule has 0 saturated carbocycles. The SMILES string of the molecule is COc1ccc(C2[C@@H](NC(=O)C(C)(F)F)C(C)C(=O)N2c2ccc3c(cnn3-c3ccc(F)cc3)c2)cc1.